The first-order chi connectivity index (χ1) is 6.82. The third-order valence-electron chi connectivity index (χ3n) is 2.64. The summed E-state index contributed by atoms with van der Waals surface area (Å²) in [5, 5.41) is 9.35. The lowest BCUT2D eigenvalue weighted by molar-refractivity contribution is -0.125. The Kier molecular flexibility index (Phi) is 2.17. The minimum absolute atomic E-state index is 0.00145. The zero-order valence-electron chi connectivity index (χ0n) is 7.80. The Morgan fingerprint density at radius 3 is 2.40 bits per heavy atom. The molecule has 2 nitrogen and oxygen atoms in total. The molecule has 0 atom stereocenters. The van der Waals surface area contributed by atoms with E-state index in [1.807, 2.05) is 0 Å². The van der Waals surface area contributed by atoms with E-state index in [2.05, 4.69) is 0 Å². The van der Waals surface area contributed by atoms with Gasteiger partial charge in [-0.15, -0.1) is 0 Å². The van der Waals surface area contributed by atoms with Crippen LogP contribution >= 0.6 is 11.6 Å². The van der Waals surface area contributed by atoms with E-state index in [0.717, 1.165) is 0 Å². The van der Waals surface area contributed by atoms with Gasteiger partial charge in [-0.1, -0.05) is 17.7 Å². The highest BCUT2D eigenvalue weighted by Gasteiger charge is 2.55. The van der Waals surface area contributed by atoms with E-state index in [1.54, 1.807) is 0 Å². The molecule has 0 aliphatic heterocycles. The zero-order valence-corrected chi connectivity index (χ0v) is 8.56. The normalized spacial score (nSPS) is 22.1. The van der Waals surface area contributed by atoms with E-state index >= 15 is 0 Å². The lowest BCUT2D eigenvalue weighted by Gasteiger charge is -2.45. The van der Waals surface area contributed by atoms with Crippen LogP contribution < -0.4 is 5.73 Å². The molecule has 1 aromatic rings. The average molecular weight is 234 g/mol. The van der Waals surface area contributed by atoms with Gasteiger partial charge in [0.1, 0.15) is 5.75 Å². The molecule has 2 rings (SSSR count). The summed E-state index contributed by atoms with van der Waals surface area (Å²) in [6.07, 6.45) is -0.797. The second-order valence-corrected chi connectivity index (χ2v) is 4.44. The van der Waals surface area contributed by atoms with Crippen molar-refractivity contribution in [2.24, 2.45) is 5.73 Å². The summed E-state index contributed by atoms with van der Waals surface area (Å²) in [7, 11) is 0. The number of hydrogen-bond donors (Lipinski definition) is 2. The topological polar surface area (TPSA) is 46.2 Å². The highest BCUT2D eigenvalue weighted by Crippen LogP contribution is 2.51. The summed E-state index contributed by atoms with van der Waals surface area (Å²) in [6, 6.07) is 4.20. The van der Waals surface area contributed by atoms with E-state index in [0.29, 0.717) is 5.56 Å². The van der Waals surface area contributed by atoms with Gasteiger partial charge in [-0.3, -0.25) is 0 Å². The minimum Gasteiger partial charge on any atom is -0.508 e. The van der Waals surface area contributed by atoms with E-state index < -0.39 is 24.3 Å². The van der Waals surface area contributed by atoms with Crippen molar-refractivity contribution in [2.75, 3.05) is 0 Å². The van der Waals surface area contributed by atoms with Crippen LogP contribution in [0, 0.1) is 0 Å². The molecule has 1 aliphatic carbocycles. The lowest BCUT2D eigenvalue weighted by atomic mass is 9.70. The number of benzene rings is 1. The van der Waals surface area contributed by atoms with Crippen LogP contribution in [0.5, 0.6) is 5.75 Å². The monoisotopic (exact) mass is 233 g/mol. The molecular formula is C10H10ClF2NO. The minimum atomic E-state index is -2.70. The first-order valence-corrected chi connectivity index (χ1v) is 4.86. The van der Waals surface area contributed by atoms with Crippen LogP contribution in [-0.2, 0) is 5.54 Å². The van der Waals surface area contributed by atoms with Gasteiger partial charge in [-0.25, -0.2) is 8.78 Å². The van der Waals surface area contributed by atoms with Gasteiger partial charge in [0.05, 0.1) is 5.54 Å². The molecule has 82 valence electrons. The van der Waals surface area contributed by atoms with Gasteiger partial charge in [0.2, 0.25) is 0 Å². The molecule has 5 heteroatoms. The van der Waals surface area contributed by atoms with E-state index in [9.17, 15) is 8.78 Å². The molecule has 0 aromatic heterocycles. The average Bonchev–Trinajstić information content (AvgIpc) is 1.98. The van der Waals surface area contributed by atoms with Crippen LogP contribution in [-0.4, -0.2) is 11.0 Å². The lowest BCUT2D eigenvalue weighted by Crippen LogP contribution is -2.55. The van der Waals surface area contributed by atoms with Crippen LogP contribution in [0.4, 0.5) is 8.78 Å². The maximum Gasteiger partial charge on any atom is 0.252 e. The molecule has 1 fully saturated rings. The molecule has 0 saturated heterocycles. The number of alkyl halides is 2. The van der Waals surface area contributed by atoms with E-state index in [-0.39, 0.29) is 10.8 Å². The molecule has 1 aliphatic rings. The van der Waals surface area contributed by atoms with Crippen molar-refractivity contribution < 1.29 is 13.9 Å². The first-order valence-electron chi connectivity index (χ1n) is 4.48. The summed E-state index contributed by atoms with van der Waals surface area (Å²) < 4.78 is 25.5. The van der Waals surface area contributed by atoms with E-state index in [1.165, 1.54) is 18.2 Å². The van der Waals surface area contributed by atoms with Crippen LogP contribution in [0.1, 0.15) is 18.4 Å². The summed E-state index contributed by atoms with van der Waals surface area (Å²) >= 11 is 5.83. The molecule has 3 N–H and O–H groups in total. The zero-order chi connectivity index (χ0) is 11.3. The van der Waals surface area contributed by atoms with Gasteiger partial charge in [-0.05, 0) is 17.7 Å². The van der Waals surface area contributed by atoms with Crippen LogP contribution in [0.3, 0.4) is 0 Å². The van der Waals surface area contributed by atoms with Gasteiger partial charge in [0.25, 0.3) is 5.92 Å². The molecule has 1 saturated carbocycles. The fourth-order valence-electron chi connectivity index (χ4n) is 1.97. The highest BCUT2D eigenvalue weighted by molar-refractivity contribution is 6.31. The van der Waals surface area contributed by atoms with Crippen molar-refractivity contribution in [3.8, 4) is 5.75 Å². The van der Waals surface area contributed by atoms with Gasteiger partial charge in [-0.2, -0.15) is 0 Å². The van der Waals surface area contributed by atoms with Crippen molar-refractivity contribution in [1.29, 1.82) is 0 Å². The first kappa shape index (κ1) is 10.6. The Balaban J connectivity index is 2.32. The number of aromatic hydroxyl groups is 1. The third kappa shape index (κ3) is 1.79. The fraction of sp³-hybridized carbons (Fsp3) is 0.400. The van der Waals surface area contributed by atoms with Crippen molar-refractivity contribution in [1.82, 2.24) is 0 Å². The standard InChI is InChI=1S/C10H10ClF2NO/c11-8-3-6(15)1-2-7(8)9(14)4-10(12,13)5-9/h1-3,15H,4-5,14H2. The number of hydrogen-bond acceptors (Lipinski definition) is 2. The van der Waals surface area contributed by atoms with Crippen LogP contribution in [0.15, 0.2) is 18.2 Å². The molecular weight excluding hydrogens is 224 g/mol. The Morgan fingerprint density at radius 1 is 1.33 bits per heavy atom. The second-order valence-electron chi connectivity index (χ2n) is 4.03. The third-order valence-corrected chi connectivity index (χ3v) is 2.95. The molecule has 0 spiro atoms. The Bertz CT molecular complexity index is 400. The van der Waals surface area contributed by atoms with Crippen LogP contribution in [0.2, 0.25) is 5.02 Å². The smallest absolute Gasteiger partial charge is 0.252 e. The number of rotatable bonds is 1. The van der Waals surface area contributed by atoms with Gasteiger partial charge < -0.3 is 10.8 Å². The van der Waals surface area contributed by atoms with Gasteiger partial charge in [0, 0.05) is 17.9 Å². The molecule has 0 heterocycles. The summed E-state index contributed by atoms with van der Waals surface area (Å²) in [5.41, 5.74) is 5.21. The number of phenolic OH excluding ortho intramolecular Hbond substituents is 1. The molecule has 0 radical (unpaired) electrons. The van der Waals surface area contributed by atoms with Crippen molar-refractivity contribution in [3.05, 3.63) is 28.8 Å². The number of phenols is 1. The molecule has 0 bridgehead atoms. The fourth-order valence-corrected chi connectivity index (χ4v) is 2.33. The quantitative estimate of drug-likeness (QED) is 0.783. The van der Waals surface area contributed by atoms with E-state index in [4.69, 9.17) is 22.4 Å². The Hall–Kier alpha value is -0.870. The summed E-state index contributed by atoms with van der Waals surface area (Å²) in [4.78, 5) is 0. The molecule has 15 heavy (non-hydrogen) atoms. The van der Waals surface area contributed by atoms with Gasteiger partial charge in [0.15, 0.2) is 0 Å². The highest BCUT2D eigenvalue weighted by atomic mass is 35.5. The maximum atomic E-state index is 12.8. The largest absolute Gasteiger partial charge is 0.508 e. The van der Waals surface area contributed by atoms with Crippen LogP contribution in [0.25, 0.3) is 0 Å². The summed E-state index contributed by atoms with van der Waals surface area (Å²) in [6.45, 7) is 0. The molecule has 1 aromatic carbocycles. The van der Waals surface area contributed by atoms with Gasteiger partial charge >= 0.3 is 0 Å². The Morgan fingerprint density at radius 2 is 1.93 bits per heavy atom. The SMILES string of the molecule is NC1(c2ccc(O)cc2Cl)CC(F)(F)C1. The maximum absolute atomic E-state index is 12.8. The second kappa shape index (κ2) is 3.06. The molecule has 0 amide bonds. The predicted molar refractivity (Wildman–Crippen MR) is 53.2 cm³/mol. The van der Waals surface area contributed by atoms with Crippen molar-refractivity contribution in [2.45, 2.75) is 24.3 Å². The predicted octanol–water partition coefficient (Wildman–Crippen LogP) is 2.63. The van der Waals surface area contributed by atoms with Crippen molar-refractivity contribution in [3.63, 3.8) is 0 Å². The van der Waals surface area contributed by atoms with Crippen molar-refractivity contribution >= 4 is 11.6 Å². The molecule has 0 unspecified atom stereocenters. The number of nitrogens with two attached hydrogens (primary N) is 1. The Labute approximate surface area is 90.7 Å². The summed E-state index contributed by atoms with van der Waals surface area (Å²) in [5.74, 6) is -2.70. The number of halogens is 3.